The van der Waals surface area contributed by atoms with Crippen molar-refractivity contribution in [1.29, 1.82) is 0 Å². The maximum absolute atomic E-state index is 12.7. The molecule has 66 valence electrons. The molecule has 0 spiro atoms. The lowest BCUT2D eigenvalue weighted by Crippen LogP contribution is -2.48. The molecule has 1 heterocycles. The summed E-state index contributed by atoms with van der Waals surface area (Å²) in [5.74, 6) is -1.09. The van der Waals surface area contributed by atoms with Gasteiger partial charge in [0.1, 0.15) is 12.2 Å². The molecule has 1 aliphatic rings. The van der Waals surface area contributed by atoms with Crippen molar-refractivity contribution in [1.82, 2.24) is 5.32 Å². The van der Waals surface area contributed by atoms with Crippen LogP contribution in [0.5, 0.6) is 0 Å². The standard InChI is InChI=1S/C6H10FNO2.ClH/c7-4-2-1-3-8-5(4)6(9)10;/h4-5,8H,1-3H2,(H,9,10);1H/t4-,5+;/m1./s1. The van der Waals surface area contributed by atoms with E-state index in [1.54, 1.807) is 0 Å². The topological polar surface area (TPSA) is 49.3 Å². The largest absolute Gasteiger partial charge is 0.480 e. The number of aliphatic carboxylic acids is 1. The van der Waals surface area contributed by atoms with Gasteiger partial charge in [0.15, 0.2) is 0 Å². The molecule has 0 aromatic heterocycles. The third-order valence-corrected chi connectivity index (χ3v) is 1.65. The molecular formula is C6H11ClFNO2. The molecule has 0 amide bonds. The van der Waals surface area contributed by atoms with Crippen molar-refractivity contribution in [2.75, 3.05) is 6.54 Å². The molecule has 0 unspecified atom stereocenters. The Kier molecular flexibility index (Phi) is 4.37. The molecule has 5 heteroatoms. The van der Waals surface area contributed by atoms with Crippen molar-refractivity contribution in [2.24, 2.45) is 0 Å². The molecule has 1 saturated heterocycles. The van der Waals surface area contributed by atoms with Crippen LogP contribution in [0.15, 0.2) is 0 Å². The third kappa shape index (κ3) is 2.63. The predicted octanol–water partition coefficient (Wildman–Crippen LogP) is 0.583. The minimum absolute atomic E-state index is 0. The van der Waals surface area contributed by atoms with Crippen LogP contribution < -0.4 is 5.32 Å². The van der Waals surface area contributed by atoms with Crippen LogP contribution in [0.2, 0.25) is 0 Å². The first-order valence-corrected chi connectivity index (χ1v) is 3.32. The Morgan fingerprint density at radius 1 is 1.64 bits per heavy atom. The van der Waals surface area contributed by atoms with Gasteiger partial charge in [-0.05, 0) is 19.4 Å². The SMILES string of the molecule is Cl.O=C(O)[C@H]1NCCC[C@H]1F. The lowest BCUT2D eigenvalue weighted by Gasteiger charge is -2.23. The number of halogens is 2. The molecule has 0 aromatic rings. The summed E-state index contributed by atoms with van der Waals surface area (Å²) < 4.78 is 12.7. The number of hydrogen-bond acceptors (Lipinski definition) is 2. The summed E-state index contributed by atoms with van der Waals surface area (Å²) in [5.41, 5.74) is 0. The van der Waals surface area contributed by atoms with E-state index in [2.05, 4.69) is 5.32 Å². The Labute approximate surface area is 70.4 Å². The summed E-state index contributed by atoms with van der Waals surface area (Å²) in [4.78, 5) is 10.3. The van der Waals surface area contributed by atoms with Crippen molar-refractivity contribution in [2.45, 2.75) is 25.1 Å². The van der Waals surface area contributed by atoms with Gasteiger partial charge >= 0.3 is 5.97 Å². The van der Waals surface area contributed by atoms with Crippen LogP contribution in [0, 0.1) is 0 Å². The highest BCUT2D eigenvalue weighted by molar-refractivity contribution is 5.85. The Balaban J connectivity index is 0.000001000. The third-order valence-electron chi connectivity index (χ3n) is 1.65. The van der Waals surface area contributed by atoms with Crippen LogP contribution in [0.4, 0.5) is 4.39 Å². The second-order valence-corrected chi connectivity index (χ2v) is 2.43. The van der Waals surface area contributed by atoms with E-state index in [1.807, 2.05) is 0 Å². The summed E-state index contributed by atoms with van der Waals surface area (Å²) in [7, 11) is 0. The molecule has 11 heavy (non-hydrogen) atoms. The number of carboxylic acid groups (broad SMARTS) is 1. The van der Waals surface area contributed by atoms with Gasteiger partial charge in [0, 0.05) is 0 Å². The van der Waals surface area contributed by atoms with Gasteiger partial charge in [-0.15, -0.1) is 12.4 Å². The second kappa shape index (κ2) is 4.51. The summed E-state index contributed by atoms with van der Waals surface area (Å²) in [6.45, 7) is 0.609. The molecule has 3 nitrogen and oxygen atoms in total. The molecule has 1 rings (SSSR count). The van der Waals surface area contributed by atoms with E-state index in [0.717, 1.165) is 6.42 Å². The first-order chi connectivity index (χ1) is 4.72. The minimum Gasteiger partial charge on any atom is -0.480 e. The van der Waals surface area contributed by atoms with Gasteiger partial charge in [0.2, 0.25) is 0 Å². The molecule has 0 aliphatic carbocycles. The molecule has 0 bridgehead atoms. The second-order valence-electron chi connectivity index (χ2n) is 2.43. The predicted molar refractivity (Wildman–Crippen MR) is 40.8 cm³/mol. The average molecular weight is 184 g/mol. The first kappa shape index (κ1) is 10.7. The zero-order chi connectivity index (χ0) is 7.56. The number of piperidine rings is 1. The molecule has 0 radical (unpaired) electrons. The Hall–Kier alpha value is -0.350. The molecule has 2 atom stereocenters. The molecule has 2 N–H and O–H groups in total. The zero-order valence-corrected chi connectivity index (χ0v) is 6.73. The van der Waals surface area contributed by atoms with Crippen molar-refractivity contribution < 1.29 is 14.3 Å². The lowest BCUT2D eigenvalue weighted by atomic mass is 10.0. The first-order valence-electron chi connectivity index (χ1n) is 3.32. The van der Waals surface area contributed by atoms with Gasteiger partial charge in [-0.3, -0.25) is 4.79 Å². The molecule has 1 fully saturated rings. The van der Waals surface area contributed by atoms with E-state index in [1.165, 1.54) is 0 Å². The molecular weight excluding hydrogens is 173 g/mol. The van der Waals surface area contributed by atoms with E-state index in [-0.39, 0.29) is 12.4 Å². The fraction of sp³-hybridized carbons (Fsp3) is 0.833. The number of nitrogens with one attached hydrogen (secondary N) is 1. The maximum Gasteiger partial charge on any atom is 0.323 e. The van der Waals surface area contributed by atoms with E-state index in [9.17, 15) is 9.18 Å². The monoisotopic (exact) mass is 183 g/mol. The number of carboxylic acids is 1. The fourth-order valence-corrected chi connectivity index (χ4v) is 1.09. The zero-order valence-electron chi connectivity index (χ0n) is 5.92. The van der Waals surface area contributed by atoms with E-state index >= 15 is 0 Å². The van der Waals surface area contributed by atoms with Crippen molar-refractivity contribution in [3.63, 3.8) is 0 Å². The number of alkyl halides is 1. The van der Waals surface area contributed by atoms with E-state index in [0.29, 0.717) is 13.0 Å². The van der Waals surface area contributed by atoms with Gasteiger partial charge in [-0.1, -0.05) is 0 Å². The fourth-order valence-electron chi connectivity index (χ4n) is 1.09. The van der Waals surface area contributed by atoms with Crippen molar-refractivity contribution in [3.8, 4) is 0 Å². The highest BCUT2D eigenvalue weighted by Gasteiger charge is 2.29. The van der Waals surface area contributed by atoms with Gasteiger partial charge in [-0.2, -0.15) is 0 Å². The van der Waals surface area contributed by atoms with Crippen molar-refractivity contribution >= 4 is 18.4 Å². The Morgan fingerprint density at radius 3 is 2.64 bits per heavy atom. The maximum atomic E-state index is 12.7. The molecule has 0 saturated carbocycles. The van der Waals surface area contributed by atoms with Crippen LogP contribution in [0.1, 0.15) is 12.8 Å². The average Bonchev–Trinajstić information content (AvgIpc) is 1.88. The summed E-state index contributed by atoms with van der Waals surface area (Å²) in [6, 6.07) is -0.978. The van der Waals surface area contributed by atoms with E-state index < -0.39 is 18.2 Å². The minimum atomic E-state index is -1.22. The lowest BCUT2D eigenvalue weighted by molar-refractivity contribution is -0.141. The number of rotatable bonds is 1. The summed E-state index contributed by atoms with van der Waals surface area (Å²) in [5, 5.41) is 11.0. The van der Waals surface area contributed by atoms with Crippen LogP contribution in [-0.2, 0) is 4.79 Å². The van der Waals surface area contributed by atoms with Gasteiger partial charge < -0.3 is 10.4 Å². The van der Waals surface area contributed by atoms with Gasteiger partial charge in [0.05, 0.1) is 0 Å². The normalized spacial score (nSPS) is 30.6. The molecule has 1 aliphatic heterocycles. The van der Waals surface area contributed by atoms with Gasteiger partial charge in [0.25, 0.3) is 0 Å². The van der Waals surface area contributed by atoms with Crippen LogP contribution in [-0.4, -0.2) is 29.8 Å². The highest BCUT2D eigenvalue weighted by Crippen LogP contribution is 2.11. The smallest absolute Gasteiger partial charge is 0.323 e. The molecule has 0 aromatic carbocycles. The van der Waals surface area contributed by atoms with Gasteiger partial charge in [-0.25, -0.2) is 4.39 Å². The summed E-state index contributed by atoms with van der Waals surface area (Å²) >= 11 is 0. The highest BCUT2D eigenvalue weighted by atomic mass is 35.5. The van der Waals surface area contributed by atoms with E-state index in [4.69, 9.17) is 5.11 Å². The number of carbonyl (C=O) groups is 1. The van der Waals surface area contributed by atoms with Crippen LogP contribution >= 0.6 is 12.4 Å². The quantitative estimate of drug-likeness (QED) is 0.626. The summed E-state index contributed by atoms with van der Waals surface area (Å²) in [6.07, 6.45) is -0.124. The number of hydrogen-bond donors (Lipinski definition) is 2. The Bertz CT molecular complexity index is 145. The van der Waals surface area contributed by atoms with Crippen LogP contribution in [0.25, 0.3) is 0 Å². The Morgan fingerprint density at radius 2 is 2.27 bits per heavy atom. The van der Waals surface area contributed by atoms with Crippen molar-refractivity contribution in [3.05, 3.63) is 0 Å². The van der Waals surface area contributed by atoms with Crippen LogP contribution in [0.3, 0.4) is 0 Å².